The van der Waals surface area contributed by atoms with Crippen molar-refractivity contribution in [3.8, 4) is 0 Å². The van der Waals surface area contributed by atoms with Crippen LogP contribution in [0.4, 0.5) is 13.2 Å². The minimum atomic E-state index is -4.48. The summed E-state index contributed by atoms with van der Waals surface area (Å²) in [6.07, 6.45) is -1.95. The van der Waals surface area contributed by atoms with E-state index in [1.807, 2.05) is 0 Å². The number of halogens is 3. The van der Waals surface area contributed by atoms with Crippen molar-refractivity contribution in [2.45, 2.75) is 18.1 Å². The van der Waals surface area contributed by atoms with Gasteiger partial charge in [0.05, 0.1) is 7.11 Å². The van der Waals surface area contributed by atoms with Crippen molar-refractivity contribution in [3.63, 3.8) is 0 Å². The van der Waals surface area contributed by atoms with E-state index in [0.717, 1.165) is 12.1 Å². The lowest BCUT2D eigenvalue weighted by Crippen LogP contribution is -2.08. The number of nitrogens with zero attached hydrogens (tertiary/aromatic N) is 1. The molecule has 0 aromatic carbocycles. The van der Waals surface area contributed by atoms with E-state index in [1.54, 1.807) is 6.92 Å². The maximum absolute atomic E-state index is 12.5. The second-order valence-corrected chi connectivity index (χ2v) is 4.63. The first-order chi connectivity index (χ1) is 8.88. The standard InChI is InChI=1S/C12H12F3NO2S/c1-3-19-11-8(5-7-10(17)18-2)4-6-9(16-11)12(13,14)15/h4-7H,3H2,1-2H3. The lowest BCUT2D eigenvalue weighted by molar-refractivity contribution is -0.141. The molecule has 0 fully saturated rings. The molecule has 0 aliphatic carbocycles. The molecule has 0 unspecified atom stereocenters. The molecule has 0 aliphatic heterocycles. The van der Waals surface area contributed by atoms with Gasteiger partial charge in [-0.25, -0.2) is 9.78 Å². The molecule has 1 heterocycles. The van der Waals surface area contributed by atoms with Crippen LogP contribution in [0.2, 0.25) is 0 Å². The first-order valence-electron chi connectivity index (χ1n) is 5.35. The number of esters is 1. The Morgan fingerprint density at radius 1 is 1.47 bits per heavy atom. The molecular formula is C12H12F3NO2S. The molecule has 104 valence electrons. The third-order valence-corrected chi connectivity index (χ3v) is 2.95. The first kappa shape index (κ1) is 15.6. The fourth-order valence-electron chi connectivity index (χ4n) is 1.21. The average molecular weight is 291 g/mol. The SMILES string of the molecule is CCSc1nc(C(F)(F)F)ccc1C=CC(=O)OC. The van der Waals surface area contributed by atoms with Crippen LogP contribution in [0.15, 0.2) is 23.2 Å². The average Bonchev–Trinajstić information content (AvgIpc) is 2.36. The second-order valence-electron chi connectivity index (χ2n) is 3.38. The largest absolute Gasteiger partial charge is 0.466 e. The smallest absolute Gasteiger partial charge is 0.433 e. The molecule has 0 atom stereocenters. The summed E-state index contributed by atoms with van der Waals surface area (Å²) in [4.78, 5) is 14.5. The molecule has 1 rings (SSSR count). The normalized spacial score (nSPS) is 11.8. The fourth-order valence-corrected chi connectivity index (χ4v) is 1.95. The molecule has 0 aliphatic rings. The summed E-state index contributed by atoms with van der Waals surface area (Å²) >= 11 is 1.18. The molecule has 0 radical (unpaired) electrons. The molecule has 1 aromatic heterocycles. The van der Waals surface area contributed by atoms with Gasteiger partial charge in [-0.3, -0.25) is 0 Å². The zero-order chi connectivity index (χ0) is 14.5. The third kappa shape index (κ3) is 4.59. The Morgan fingerprint density at radius 2 is 2.16 bits per heavy atom. The number of rotatable bonds is 4. The van der Waals surface area contributed by atoms with Gasteiger partial charge < -0.3 is 4.74 Å². The summed E-state index contributed by atoms with van der Waals surface area (Å²) in [5, 5.41) is 0.234. The molecule has 0 bridgehead atoms. The van der Waals surface area contributed by atoms with Gasteiger partial charge in [0, 0.05) is 11.6 Å². The number of thioether (sulfide) groups is 1. The van der Waals surface area contributed by atoms with Crippen LogP contribution in [0, 0.1) is 0 Å². The van der Waals surface area contributed by atoms with Gasteiger partial charge in [0.2, 0.25) is 0 Å². The molecule has 0 saturated carbocycles. The third-order valence-electron chi connectivity index (χ3n) is 2.06. The van der Waals surface area contributed by atoms with Crippen LogP contribution in [0.25, 0.3) is 6.08 Å². The van der Waals surface area contributed by atoms with Crippen LogP contribution in [0.3, 0.4) is 0 Å². The zero-order valence-electron chi connectivity index (χ0n) is 10.3. The zero-order valence-corrected chi connectivity index (χ0v) is 11.1. The highest BCUT2D eigenvalue weighted by Gasteiger charge is 2.32. The van der Waals surface area contributed by atoms with Crippen molar-refractivity contribution in [1.82, 2.24) is 4.98 Å². The van der Waals surface area contributed by atoms with Crippen molar-refractivity contribution in [2.75, 3.05) is 12.9 Å². The summed E-state index contributed by atoms with van der Waals surface area (Å²) in [5.41, 5.74) is -0.496. The number of carbonyl (C=O) groups excluding carboxylic acids is 1. The van der Waals surface area contributed by atoms with Gasteiger partial charge in [-0.05, 0) is 17.9 Å². The van der Waals surface area contributed by atoms with Crippen LogP contribution in [0.5, 0.6) is 0 Å². The number of methoxy groups -OCH3 is 1. The van der Waals surface area contributed by atoms with E-state index in [2.05, 4.69) is 9.72 Å². The maximum Gasteiger partial charge on any atom is 0.433 e. The maximum atomic E-state index is 12.5. The number of pyridine rings is 1. The van der Waals surface area contributed by atoms with E-state index in [9.17, 15) is 18.0 Å². The van der Waals surface area contributed by atoms with Crippen molar-refractivity contribution in [2.24, 2.45) is 0 Å². The summed E-state index contributed by atoms with van der Waals surface area (Å²) in [6.45, 7) is 1.81. The number of aromatic nitrogens is 1. The van der Waals surface area contributed by atoms with E-state index in [0.29, 0.717) is 11.3 Å². The van der Waals surface area contributed by atoms with Crippen LogP contribution >= 0.6 is 11.8 Å². The first-order valence-corrected chi connectivity index (χ1v) is 6.34. The predicted octanol–water partition coefficient (Wildman–Crippen LogP) is 3.40. The van der Waals surface area contributed by atoms with Crippen molar-refractivity contribution in [1.29, 1.82) is 0 Å². The van der Waals surface area contributed by atoms with E-state index in [-0.39, 0.29) is 5.03 Å². The van der Waals surface area contributed by atoms with Gasteiger partial charge >= 0.3 is 12.1 Å². The lowest BCUT2D eigenvalue weighted by Gasteiger charge is -2.09. The summed E-state index contributed by atoms with van der Waals surface area (Å²) in [5.74, 6) is 0.000229. The molecule has 0 spiro atoms. The van der Waals surface area contributed by atoms with Gasteiger partial charge in [0.15, 0.2) is 0 Å². The Balaban J connectivity index is 3.11. The Kier molecular flexibility index (Phi) is 5.41. The molecule has 0 N–H and O–H groups in total. The number of carbonyl (C=O) groups is 1. The van der Waals surface area contributed by atoms with Gasteiger partial charge in [0.1, 0.15) is 10.7 Å². The summed E-state index contributed by atoms with van der Waals surface area (Å²) < 4.78 is 42.1. The Bertz CT molecular complexity index is 486. The van der Waals surface area contributed by atoms with Crippen LogP contribution in [0.1, 0.15) is 18.2 Å². The number of ether oxygens (including phenoxy) is 1. The molecule has 19 heavy (non-hydrogen) atoms. The lowest BCUT2D eigenvalue weighted by atomic mass is 10.2. The number of hydrogen-bond acceptors (Lipinski definition) is 4. The number of hydrogen-bond donors (Lipinski definition) is 0. The van der Waals surface area contributed by atoms with Crippen LogP contribution < -0.4 is 0 Å². The van der Waals surface area contributed by atoms with E-state index >= 15 is 0 Å². The minimum absolute atomic E-state index is 0.234. The van der Waals surface area contributed by atoms with E-state index in [1.165, 1.54) is 31.0 Å². The molecular weight excluding hydrogens is 279 g/mol. The monoisotopic (exact) mass is 291 g/mol. The molecule has 0 saturated heterocycles. The van der Waals surface area contributed by atoms with E-state index < -0.39 is 17.8 Å². The van der Waals surface area contributed by atoms with Crippen molar-refractivity contribution in [3.05, 3.63) is 29.5 Å². The van der Waals surface area contributed by atoms with Crippen LogP contribution in [-0.4, -0.2) is 23.8 Å². The highest BCUT2D eigenvalue weighted by Crippen LogP contribution is 2.31. The number of alkyl halides is 3. The molecule has 1 aromatic rings. The van der Waals surface area contributed by atoms with Gasteiger partial charge in [-0.1, -0.05) is 13.0 Å². The van der Waals surface area contributed by atoms with Crippen LogP contribution in [-0.2, 0) is 15.7 Å². The molecule has 7 heteroatoms. The van der Waals surface area contributed by atoms with Crippen molar-refractivity contribution >= 4 is 23.8 Å². The fraction of sp³-hybridized carbons (Fsp3) is 0.333. The highest BCUT2D eigenvalue weighted by molar-refractivity contribution is 7.99. The molecule has 0 amide bonds. The Morgan fingerprint density at radius 3 is 2.68 bits per heavy atom. The Labute approximate surface area is 112 Å². The van der Waals surface area contributed by atoms with E-state index in [4.69, 9.17) is 0 Å². The predicted molar refractivity (Wildman–Crippen MR) is 66.7 cm³/mol. The minimum Gasteiger partial charge on any atom is -0.466 e. The second kappa shape index (κ2) is 6.60. The van der Waals surface area contributed by atoms with Crippen molar-refractivity contribution < 1.29 is 22.7 Å². The summed E-state index contributed by atoms with van der Waals surface area (Å²) in [6, 6.07) is 2.17. The summed E-state index contributed by atoms with van der Waals surface area (Å²) in [7, 11) is 1.22. The Hall–Kier alpha value is -1.50. The molecule has 3 nitrogen and oxygen atoms in total. The topological polar surface area (TPSA) is 39.2 Å². The van der Waals surface area contributed by atoms with Gasteiger partial charge in [-0.2, -0.15) is 13.2 Å². The van der Waals surface area contributed by atoms with Gasteiger partial charge in [0.25, 0.3) is 0 Å². The van der Waals surface area contributed by atoms with Gasteiger partial charge in [-0.15, -0.1) is 11.8 Å². The quantitative estimate of drug-likeness (QED) is 0.484. The highest BCUT2D eigenvalue weighted by atomic mass is 32.2.